The molecule has 0 saturated heterocycles. The van der Waals surface area contributed by atoms with Gasteiger partial charge < -0.3 is 14.2 Å². The number of benzene rings is 2. The second-order valence-electron chi connectivity index (χ2n) is 5.06. The molecule has 0 unspecified atom stereocenters. The average Bonchev–Trinajstić information content (AvgIpc) is 2.65. The van der Waals surface area contributed by atoms with E-state index in [1.807, 2.05) is 30.3 Å². The van der Waals surface area contributed by atoms with Crippen molar-refractivity contribution < 1.29 is 19.0 Å². The summed E-state index contributed by atoms with van der Waals surface area (Å²) in [5, 5.41) is 9.31. The topological polar surface area (TPSA) is 68.6 Å². The largest absolute Gasteiger partial charge is 0.493 e. The minimum Gasteiger partial charge on any atom is -0.493 e. The highest BCUT2D eigenvalue weighted by Gasteiger charge is 2.11. The van der Waals surface area contributed by atoms with Gasteiger partial charge >= 0.3 is 5.97 Å². The fourth-order valence-corrected chi connectivity index (χ4v) is 2.17. The van der Waals surface area contributed by atoms with Crippen LogP contribution in [0.3, 0.4) is 0 Å². The van der Waals surface area contributed by atoms with Gasteiger partial charge in [0.05, 0.1) is 25.3 Å². The van der Waals surface area contributed by atoms with E-state index in [0.29, 0.717) is 35.8 Å². The number of rotatable bonds is 7. The van der Waals surface area contributed by atoms with Crippen LogP contribution in [0.25, 0.3) is 6.08 Å². The molecule has 0 radical (unpaired) electrons. The second kappa shape index (κ2) is 9.14. The van der Waals surface area contributed by atoms with Crippen LogP contribution in [0, 0.1) is 11.3 Å². The molecule has 2 aromatic carbocycles. The Kier molecular flexibility index (Phi) is 6.61. The van der Waals surface area contributed by atoms with Crippen molar-refractivity contribution >= 4 is 12.0 Å². The van der Waals surface area contributed by atoms with Crippen molar-refractivity contribution in [1.29, 1.82) is 5.26 Å². The zero-order chi connectivity index (χ0) is 18.1. The number of esters is 1. The van der Waals surface area contributed by atoms with Crippen molar-refractivity contribution in [2.75, 3.05) is 13.7 Å². The van der Waals surface area contributed by atoms with Gasteiger partial charge in [-0.2, -0.15) is 5.26 Å². The van der Waals surface area contributed by atoms with Gasteiger partial charge in [0.25, 0.3) is 0 Å². The number of carbonyl (C=O) groups excluding carboxylic acids is 1. The van der Waals surface area contributed by atoms with Gasteiger partial charge in [0.15, 0.2) is 11.5 Å². The first kappa shape index (κ1) is 18.1. The van der Waals surface area contributed by atoms with Crippen molar-refractivity contribution in [1.82, 2.24) is 0 Å². The molecule has 0 atom stereocenters. The number of hydrogen-bond donors (Lipinski definition) is 0. The lowest BCUT2D eigenvalue weighted by Crippen LogP contribution is -2.00. The SMILES string of the molecule is CCOC(=O)/C=C/c1cc(OCc2ccccc2)c(OC)cc1C#N. The Morgan fingerprint density at radius 2 is 1.96 bits per heavy atom. The van der Waals surface area contributed by atoms with Crippen LogP contribution in [0.2, 0.25) is 0 Å². The fourth-order valence-electron chi connectivity index (χ4n) is 2.17. The summed E-state index contributed by atoms with van der Waals surface area (Å²) in [6, 6.07) is 15.1. The summed E-state index contributed by atoms with van der Waals surface area (Å²) in [7, 11) is 1.51. The first-order valence-electron chi connectivity index (χ1n) is 7.81. The highest BCUT2D eigenvalue weighted by molar-refractivity contribution is 5.87. The number of methoxy groups -OCH3 is 1. The molecule has 0 N–H and O–H groups in total. The molecule has 0 spiro atoms. The summed E-state index contributed by atoms with van der Waals surface area (Å²) >= 11 is 0. The number of nitrogens with zero attached hydrogens (tertiary/aromatic N) is 1. The lowest BCUT2D eigenvalue weighted by molar-refractivity contribution is -0.137. The van der Waals surface area contributed by atoms with Gasteiger partial charge in [0, 0.05) is 12.1 Å². The summed E-state index contributed by atoms with van der Waals surface area (Å²) in [4.78, 5) is 11.5. The third kappa shape index (κ3) is 5.11. The standard InChI is InChI=1S/C20H19NO4/c1-3-24-20(22)10-9-16-11-19(18(23-2)12-17(16)13-21)25-14-15-7-5-4-6-8-15/h4-12H,3,14H2,1-2H3/b10-9+. The number of ether oxygens (including phenoxy) is 3. The van der Waals surface area contributed by atoms with Crippen LogP contribution in [0.4, 0.5) is 0 Å². The van der Waals surface area contributed by atoms with E-state index >= 15 is 0 Å². The van der Waals surface area contributed by atoms with E-state index in [2.05, 4.69) is 6.07 Å². The predicted molar refractivity (Wildman–Crippen MR) is 94.2 cm³/mol. The highest BCUT2D eigenvalue weighted by Crippen LogP contribution is 2.32. The Balaban J connectivity index is 2.27. The van der Waals surface area contributed by atoms with Crippen LogP contribution in [-0.2, 0) is 16.1 Å². The third-order valence-electron chi connectivity index (χ3n) is 3.38. The van der Waals surface area contributed by atoms with E-state index in [4.69, 9.17) is 14.2 Å². The third-order valence-corrected chi connectivity index (χ3v) is 3.38. The summed E-state index contributed by atoms with van der Waals surface area (Å²) in [5.41, 5.74) is 1.95. The molecule has 128 valence electrons. The Morgan fingerprint density at radius 3 is 2.60 bits per heavy atom. The molecular weight excluding hydrogens is 318 g/mol. The fraction of sp³-hybridized carbons (Fsp3) is 0.200. The molecule has 2 rings (SSSR count). The maximum absolute atomic E-state index is 11.5. The Morgan fingerprint density at radius 1 is 1.20 bits per heavy atom. The van der Waals surface area contributed by atoms with E-state index in [9.17, 15) is 10.1 Å². The van der Waals surface area contributed by atoms with E-state index < -0.39 is 5.97 Å². The van der Waals surface area contributed by atoms with Gasteiger partial charge in [0.2, 0.25) is 0 Å². The summed E-state index contributed by atoms with van der Waals surface area (Å²) in [6.07, 6.45) is 2.82. The second-order valence-corrected chi connectivity index (χ2v) is 5.06. The molecule has 0 bridgehead atoms. The Hall–Kier alpha value is -3.26. The van der Waals surface area contributed by atoms with Gasteiger partial charge in [-0.1, -0.05) is 30.3 Å². The van der Waals surface area contributed by atoms with Crippen LogP contribution in [0.15, 0.2) is 48.5 Å². The maximum Gasteiger partial charge on any atom is 0.330 e. The minimum atomic E-state index is -0.464. The molecule has 25 heavy (non-hydrogen) atoms. The molecule has 0 amide bonds. The van der Waals surface area contributed by atoms with Gasteiger partial charge in [0.1, 0.15) is 6.61 Å². The van der Waals surface area contributed by atoms with Crippen LogP contribution in [0.5, 0.6) is 11.5 Å². The zero-order valence-electron chi connectivity index (χ0n) is 14.2. The van der Waals surface area contributed by atoms with Gasteiger partial charge in [-0.05, 0) is 30.2 Å². The Labute approximate surface area is 147 Å². The molecular formula is C20H19NO4. The molecule has 0 aliphatic rings. The number of nitriles is 1. The first-order valence-corrected chi connectivity index (χ1v) is 7.81. The molecule has 0 aliphatic heterocycles. The molecule has 0 aromatic heterocycles. The van der Waals surface area contributed by atoms with Crippen LogP contribution < -0.4 is 9.47 Å². The highest BCUT2D eigenvalue weighted by atomic mass is 16.5. The van der Waals surface area contributed by atoms with Crippen molar-refractivity contribution in [3.05, 3.63) is 65.2 Å². The van der Waals surface area contributed by atoms with E-state index in [1.54, 1.807) is 19.1 Å². The predicted octanol–water partition coefficient (Wildman–Crippen LogP) is 3.72. The lowest BCUT2D eigenvalue weighted by Gasteiger charge is -2.12. The number of carbonyl (C=O) groups is 1. The number of hydrogen-bond acceptors (Lipinski definition) is 5. The Bertz CT molecular complexity index is 791. The van der Waals surface area contributed by atoms with Crippen LogP contribution in [0.1, 0.15) is 23.6 Å². The molecule has 0 fully saturated rings. The molecule has 5 nitrogen and oxygen atoms in total. The van der Waals surface area contributed by atoms with Crippen molar-refractivity contribution in [2.24, 2.45) is 0 Å². The molecule has 5 heteroatoms. The monoisotopic (exact) mass is 337 g/mol. The van der Waals surface area contributed by atoms with Crippen molar-refractivity contribution in [3.63, 3.8) is 0 Å². The van der Waals surface area contributed by atoms with Crippen molar-refractivity contribution in [2.45, 2.75) is 13.5 Å². The van der Waals surface area contributed by atoms with E-state index in [-0.39, 0.29) is 0 Å². The summed E-state index contributed by atoms with van der Waals surface area (Å²) in [6.45, 7) is 2.39. The van der Waals surface area contributed by atoms with Gasteiger partial charge in [-0.25, -0.2) is 4.79 Å². The summed E-state index contributed by atoms with van der Waals surface area (Å²) < 4.78 is 16.0. The summed E-state index contributed by atoms with van der Waals surface area (Å²) in [5.74, 6) is 0.489. The maximum atomic E-state index is 11.5. The molecule has 0 heterocycles. The minimum absolute atomic E-state index is 0.294. The molecule has 2 aromatic rings. The molecule has 0 saturated carbocycles. The van der Waals surface area contributed by atoms with Crippen molar-refractivity contribution in [3.8, 4) is 17.6 Å². The van der Waals surface area contributed by atoms with Crippen LogP contribution in [-0.4, -0.2) is 19.7 Å². The van der Waals surface area contributed by atoms with E-state index in [1.165, 1.54) is 19.3 Å². The van der Waals surface area contributed by atoms with Gasteiger partial charge in [-0.3, -0.25) is 0 Å². The quantitative estimate of drug-likeness (QED) is 0.569. The normalized spacial score (nSPS) is 10.3. The lowest BCUT2D eigenvalue weighted by atomic mass is 10.1. The molecule has 0 aliphatic carbocycles. The van der Waals surface area contributed by atoms with Gasteiger partial charge in [-0.15, -0.1) is 0 Å². The zero-order valence-corrected chi connectivity index (χ0v) is 14.2. The average molecular weight is 337 g/mol. The first-order chi connectivity index (χ1) is 12.2. The van der Waals surface area contributed by atoms with E-state index in [0.717, 1.165) is 5.56 Å². The van der Waals surface area contributed by atoms with Crippen LogP contribution >= 0.6 is 0 Å². The smallest absolute Gasteiger partial charge is 0.330 e.